The molecule has 2 atom stereocenters. The van der Waals surface area contributed by atoms with Gasteiger partial charge in [-0.3, -0.25) is 4.79 Å². The first-order valence-electron chi connectivity index (χ1n) is 23.2. The second kappa shape index (κ2) is 44.0. The Bertz CT molecular complexity index is 790. The molecule has 0 aromatic heterocycles. The minimum Gasteiger partial charge on any atom is -0.394 e. The van der Waals surface area contributed by atoms with E-state index in [9.17, 15) is 15.0 Å². The van der Waals surface area contributed by atoms with Crippen molar-refractivity contribution in [2.75, 3.05) is 6.61 Å². The van der Waals surface area contributed by atoms with Crippen LogP contribution in [-0.2, 0) is 4.79 Å². The van der Waals surface area contributed by atoms with E-state index in [1.54, 1.807) is 6.08 Å². The van der Waals surface area contributed by atoms with Crippen LogP contribution < -0.4 is 5.32 Å². The first-order valence-corrected chi connectivity index (χ1v) is 23.2. The minimum absolute atomic E-state index is 0.0657. The number of unbranched alkanes of at least 4 members (excludes halogenated alkanes) is 31. The zero-order valence-corrected chi connectivity index (χ0v) is 35.1. The highest BCUT2D eigenvalue weighted by Gasteiger charge is 2.17. The van der Waals surface area contributed by atoms with Gasteiger partial charge in [0.25, 0.3) is 0 Å². The smallest absolute Gasteiger partial charge is 0.220 e. The Kier molecular flexibility index (Phi) is 42.8. The predicted molar refractivity (Wildman–Crippen MR) is 230 cm³/mol. The summed E-state index contributed by atoms with van der Waals surface area (Å²) in [4.78, 5) is 12.3. The number of allylic oxidation sites excluding steroid dienone is 5. The minimum atomic E-state index is -0.835. The van der Waals surface area contributed by atoms with E-state index in [0.29, 0.717) is 6.42 Å². The van der Waals surface area contributed by atoms with E-state index in [0.717, 1.165) is 32.1 Å². The first-order chi connectivity index (χ1) is 25.7. The van der Waals surface area contributed by atoms with Gasteiger partial charge in [0.05, 0.1) is 18.8 Å². The maximum absolute atomic E-state index is 12.3. The molecule has 4 nitrogen and oxygen atoms in total. The van der Waals surface area contributed by atoms with Crippen molar-refractivity contribution in [2.45, 2.75) is 257 Å². The number of rotatable bonds is 42. The van der Waals surface area contributed by atoms with Crippen LogP contribution in [0.25, 0.3) is 0 Å². The summed E-state index contributed by atoms with van der Waals surface area (Å²) in [5.74, 6) is -0.0657. The summed E-state index contributed by atoms with van der Waals surface area (Å²) in [7, 11) is 0. The molecule has 1 amide bonds. The molecule has 3 N–H and O–H groups in total. The average Bonchev–Trinajstić information content (AvgIpc) is 3.15. The van der Waals surface area contributed by atoms with Gasteiger partial charge in [0.2, 0.25) is 5.91 Å². The standard InChI is InChI=1S/C48H91NO3/c1-3-5-7-9-11-13-14-15-16-17-18-19-20-21-22-23-24-25-26-27-28-29-30-31-32-33-34-36-38-40-42-44-48(52)49-46(45-50)47(51)43-41-39-37-35-12-10-8-6-4-2/h18-19,21-22,41,43,46-47,50-51H,3-17,20,23-40,42,44-45H2,1-2H3,(H,49,52)/b19-18-,22-21-,43-41+. The van der Waals surface area contributed by atoms with Crippen LogP contribution in [-0.4, -0.2) is 34.9 Å². The highest BCUT2D eigenvalue weighted by Crippen LogP contribution is 2.15. The summed E-state index contributed by atoms with van der Waals surface area (Å²) in [5, 5.41) is 22.9. The lowest BCUT2D eigenvalue weighted by molar-refractivity contribution is -0.123. The Morgan fingerprint density at radius 1 is 0.462 bits per heavy atom. The van der Waals surface area contributed by atoms with Crippen LogP contribution >= 0.6 is 0 Å². The Labute approximate surface area is 325 Å². The van der Waals surface area contributed by atoms with E-state index in [1.165, 1.54) is 193 Å². The maximum Gasteiger partial charge on any atom is 0.220 e. The summed E-state index contributed by atoms with van der Waals surface area (Å²) < 4.78 is 0. The van der Waals surface area contributed by atoms with Crippen molar-refractivity contribution in [2.24, 2.45) is 0 Å². The lowest BCUT2D eigenvalue weighted by atomic mass is 10.0. The third kappa shape index (κ3) is 39.8. The molecule has 0 aliphatic carbocycles. The molecular weight excluding hydrogens is 639 g/mol. The summed E-state index contributed by atoms with van der Waals surface area (Å²) in [6.07, 6.45) is 58.5. The second-order valence-corrected chi connectivity index (χ2v) is 15.8. The van der Waals surface area contributed by atoms with Crippen molar-refractivity contribution in [1.82, 2.24) is 5.32 Å². The maximum atomic E-state index is 12.3. The molecule has 0 aliphatic rings. The number of carbonyl (C=O) groups excluding carboxylic acids is 1. The van der Waals surface area contributed by atoms with Crippen molar-refractivity contribution in [3.8, 4) is 0 Å². The van der Waals surface area contributed by atoms with Gasteiger partial charge in [-0.15, -0.1) is 0 Å². The molecule has 0 fully saturated rings. The topological polar surface area (TPSA) is 69.6 Å². The Morgan fingerprint density at radius 3 is 1.15 bits per heavy atom. The number of amides is 1. The number of hydrogen-bond donors (Lipinski definition) is 3. The highest BCUT2D eigenvalue weighted by atomic mass is 16.3. The lowest BCUT2D eigenvalue weighted by Gasteiger charge is -2.20. The van der Waals surface area contributed by atoms with Crippen LogP contribution in [0.1, 0.15) is 245 Å². The lowest BCUT2D eigenvalue weighted by Crippen LogP contribution is -2.45. The van der Waals surface area contributed by atoms with Crippen molar-refractivity contribution in [1.29, 1.82) is 0 Å². The molecule has 0 bridgehead atoms. The largest absolute Gasteiger partial charge is 0.394 e. The van der Waals surface area contributed by atoms with Crippen LogP contribution in [0.15, 0.2) is 36.5 Å². The normalized spacial score (nSPS) is 13.2. The molecule has 2 unspecified atom stereocenters. The Hall–Kier alpha value is -1.39. The number of nitrogens with one attached hydrogen (secondary N) is 1. The van der Waals surface area contributed by atoms with Gasteiger partial charge in [0.15, 0.2) is 0 Å². The van der Waals surface area contributed by atoms with E-state index in [2.05, 4.69) is 43.5 Å². The van der Waals surface area contributed by atoms with E-state index in [4.69, 9.17) is 0 Å². The van der Waals surface area contributed by atoms with Gasteiger partial charge in [0.1, 0.15) is 0 Å². The third-order valence-corrected chi connectivity index (χ3v) is 10.6. The molecule has 0 aliphatic heterocycles. The molecule has 0 saturated heterocycles. The van der Waals surface area contributed by atoms with Crippen molar-refractivity contribution >= 4 is 5.91 Å². The first kappa shape index (κ1) is 50.6. The molecule has 0 aromatic rings. The zero-order chi connectivity index (χ0) is 37.8. The number of hydrogen-bond acceptors (Lipinski definition) is 3. The molecule has 4 heteroatoms. The fourth-order valence-corrected chi connectivity index (χ4v) is 7.03. The van der Waals surface area contributed by atoms with Gasteiger partial charge < -0.3 is 15.5 Å². The molecule has 0 saturated carbocycles. The molecule has 0 rings (SSSR count). The summed E-state index contributed by atoms with van der Waals surface area (Å²) in [5.41, 5.74) is 0. The van der Waals surface area contributed by atoms with E-state index >= 15 is 0 Å². The number of aliphatic hydroxyl groups is 2. The van der Waals surface area contributed by atoms with Crippen LogP contribution in [0.3, 0.4) is 0 Å². The van der Waals surface area contributed by atoms with Gasteiger partial charge >= 0.3 is 0 Å². The van der Waals surface area contributed by atoms with Gasteiger partial charge in [-0.05, 0) is 51.4 Å². The fourth-order valence-electron chi connectivity index (χ4n) is 7.03. The Balaban J connectivity index is 3.44. The second-order valence-electron chi connectivity index (χ2n) is 15.8. The van der Waals surface area contributed by atoms with Crippen molar-refractivity contribution < 1.29 is 15.0 Å². The van der Waals surface area contributed by atoms with Crippen molar-refractivity contribution in [3.63, 3.8) is 0 Å². The molecule has 0 radical (unpaired) electrons. The molecule has 0 heterocycles. The number of aliphatic hydroxyl groups excluding tert-OH is 2. The Morgan fingerprint density at radius 2 is 0.788 bits per heavy atom. The zero-order valence-electron chi connectivity index (χ0n) is 35.1. The highest BCUT2D eigenvalue weighted by molar-refractivity contribution is 5.76. The van der Waals surface area contributed by atoms with Crippen molar-refractivity contribution in [3.05, 3.63) is 36.5 Å². The molecule has 306 valence electrons. The summed E-state index contributed by atoms with van der Waals surface area (Å²) in [6, 6.07) is -0.618. The SMILES string of the molecule is CCCCCCCCC/C=C/C(O)C(CO)NC(=O)CCCCCCCCCCCCCCCCC/C=C\C/C=C\CCCCCCCCCCC. The number of carbonyl (C=O) groups is 1. The molecule has 0 spiro atoms. The summed E-state index contributed by atoms with van der Waals surface area (Å²) in [6.45, 7) is 4.28. The van der Waals surface area contributed by atoms with Crippen LogP contribution in [0, 0.1) is 0 Å². The molecule has 52 heavy (non-hydrogen) atoms. The molecular formula is C48H91NO3. The van der Waals surface area contributed by atoms with E-state index < -0.39 is 12.1 Å². The van der Waals surface area contributed by atoms with Crippen LogP contribution in [0.2, 0.25) is 0 Å². The van der Waals surface area contributed by atoms with Gasteiger partial charge in [-0.1, -0.05) is 224 Å². The fraction of sp³-hybridized carbons (Fsp3) is 0.854. The monoisotopic (exact) mass is 730 g/mol. The van der Waals surface area contributed by atoms with Crippen LogP contribution in [0.4, 0.5) is 0 Å². The van der Waals surface area contributed by atoms with Gasteiger partial charge in [-0.2, -0.15) is 0 Å². The van der Waals surface area contributed by atoms with Gasteiger partial charge in [0, 0.05) is 6.42 Å². The molecule has 0 aromatic carbocycles. The summed E-state index contributed by atoms with van der Waals surface area (Å²) >= 11 is 0. The van der Waals surface area contributed by atoms with E-state index in [1.807, 2.05) is 6.08 Å². The van der Waals surface area contributed by atoms with E-state index in [-0.39, 0.29) is 12.5 Å². The third-order valence-electron chi connectivity index (χ3n) is 10.6. The van der Waals surface area contributed by atoms with Crippen LogP contribution in [0.5, 0.6) is 0 Å². The predicted octanol–water partition coefficient (Wildman–Crippen LogP) is 14.6. The van der Waals surface area contributed by atoms with Gasteiger partial charge in [-0.25, -0.2) is 0 Å². The average molecular weight is 730 g/mol. The quantitative estimate of drug-likeness (QED) is 0.0433.